The summed E-state index contributed by atoms with van der Waals surface area (Å²) in [4.78, 5) is 14.5. The van der Waals surface area contributed by atoms with E-state index in [0.717, 1.165) is 13.2 Å². The van der Waals surface area contributed by atoms with Gasteiger partial charge in [0.15, 0.2) is 0 Å². The number of ether oxygens (including phenoxy) is 1. The van der Waals surface area contributed by atoms with Crippen LogP contribution < -0.4 is 0 Å². The van der Waals surface area contributed by atoms with E-state index in [-0.39, 0.29) is 11.0 Å². The molecule has 0 spiro atoms. The summed E-state index contributed by atoms with van der Waals surface area (Å²) in [6, 6.07) is 1.07. The minimum Gasteiger partial charge on any atom is -0.469 e. The molecule has 1 aromatic heterocycles. The summed E-state index contributed by atoms with van der Waals surface area (Å²) in [6.45, 7) is 0. The molecule has 0 aliphatic carbocycles. The number of hydrogen-bond donors (Lipinski definition) is 0. The summed E-state index contributed by atoms with van der Waals surface area (Å²) in [6.07, 6.45) is -3.43. The zero-order valence-electron chi connectivity index (χ0n) is 8.84. The first-order valence-corrected chi connectivity index (χ1v) is 5.70. The Morgan fingerprint density at radius 1 is 1.59 bits per heavy atom. The number of hydrogen-bond acceptors (Lipinski definition) is 3. The van der Waals surface area contributed by atoms with E-state index >= 15 is 0 Å². The van der Waals surface area contributed by atoms with Crippen LogP contribution in [0.1, 0.15) is 23.2 Å². The Labute approximate surface area is 104 Å². The lowest BCUT2D eigenvalue weighted by Gasteiger charge is -2.10. The number of rotatable bonds is 4. The van der Waals surface area contributed by atoms with Gasteiger partial charge in [0.25, 0.3) is 6.43 Å². The molecule has 1 aromatic rings. The third-order valence-corrected chi connectivity index (χ3v) is 2.66. The molecule has 0 bridgehead atoms. The maximum absolute atomic E-state index is 13.5. The van der Waals surface area contributed by atoms with Crippen molar-refractivity contribution in [3.05, 3.63) is 28.8 Å². The number of pyridine rings is 1. The average Bonchev–Trinajstić information content (AvgIpc) is 2.30. The Morgan fingerprint density at radius 2 is 2.24 bits per heavy atom. The molecular weight excluding hydrogens is 303 g/mol. The van der Waals surface area contributed by atoms with Crippen molar-refractivity contribution < 1.29 is 22.7 Å². The Balaban J connectivity index is 3.21. The van der Waals surface area contributed by atoms with Gasteiger partial charge in [0.1, 0.15) is 0 Å². The lowest BCUT2D eigenvalue weighted by Crippen LogP contribution is -2.11. The van der Waals surface area contributed by atoms with Crippen molar-refractivity contribution in [2.75, 3.05) is 7.11 Å². The van der Waals surface area contributed by atoms with E-state index in [1.165, 1.54) is 0 Å². The minimum absolute atomic E-state index is 0.145. The van der Waals surface area contributed by atoms with Gasteiger partial charge in [-0.3, -0.25) is 4.79 Å². The van der Waals surface area contributed by atoms with Crippen molar-refractivity contribution in [2.24, 2.45) is 0 Å². The SMILES string of the molecule is COC(=O)Cc1c(C(F)F)cc(CBr)nc1F. The number of aromatic nitrogens is 1. The van der Waals surface area contributed by atoms with Crippen LogP contribution in [0.25, 0.3) is 0 Å². The fourth-order valence-electron chi connectivity index (χ4n) is 1.27. The van der Waals surface area contributed by atoms with Crippen LogP contribution in [-0.4, -0.2) is 18.1 Å². The molecule has 1 heterocycles. The summed E-state index contributed by atoms with van der Waals surface area (Å²) < 4.78 is 43.2. The lowest BCUT2D eigenvalue weighted by molar-refractivity contribution is -0.139. The molecule has 0 saturated carbocycles. The number of nitrogens with zero attached hydrogens (tertiary/aromatic N) is 1. The summed E-state index contributed by atoms with van der Waals surface area (Å²) in [5.41, 5.74) is -0.805. The predicted molar refractivity (Wildman–Crippen MR) is 57.5 cm³/mol. The molecule has 1 rings (SSSR count). The van der Waals surface area contributed by atoms with E-state index in [4.69, 9.17) is 0 Å². The zero-order chi connectivity index (χ0) is 13.0. The van der Waals surface area contributed by atoms with Gasteiger partial charge < -0.3 is 4.74 Å². The maximum Gasteiger partial charge on any atom is 0.310 e. The van der Waals surface area contributed by atoms with E-state index in [9.17, 15) is 18.0 Å². The van der Waals surface area contributed by atoms with Gasteiger partial charge in [0.05, 0.1) is 19.2 Å². The first-order valence-electron chi connectivity index (χ1n) is 4.58. The Morgan fingerprint density at radius 3 is 2.71 bits per heavy atom. The smallest absolute Gasteiger partial charge is 0.310 e. The van der Waals surface area contributed by atoms with Crippen LogP contribution in [0.3, 0.4) is 0 Å². The highest BCUT2D eigenvalue weighted by Gasteiger charge is 2.21. The van der Waals surface area contributed by atoms with Crippen molar-refractivity contribution in [3.63, 3.8) is 0 Å². The standard InChI is InChI=1S/C10H9BrF3NO2/c1-17-8(16)3-7-6(9(12)13)2-5(4-11)15-10(7)14/h2,9H,3-4H2,1H3. The van der Waals surface area contributed by atoms with Crippen LogP contribution in [0.2, 0.25) is 0 Å². The van der Waals surface area contributed by atoms with E-state index < -0.39 is 35.9 Å². The molecule has 3 nitrogen and oxygen atoms in total. The van der Waals surface area contributed by atoms with Crippen LogP contribution in [0, 0.1) is 5.95 Å². The quantitative estimate of drug-likeness (QED) is 0.487. The topological polar surface area (TPSA) is 39.2 Å². The monoisotopic (exact) mass is 311 g/mol. The highest BCUT2D eigenvalue weighted by molar-refractivity contribution is 9.08. The number of carbonyl (C=O) groups excluding carboxylic acids is 1. The van der Waals surface area contributed by atoms with Crippen LogP contribution >= 0.6 is 15.9 Å². The minimum atomic E-state index is -2.87. The fraction of sp³-hybridized carbons (Fsp3) is 0.400. The molecule has 0 aromatic carbocycles. The number of carbonyl (C=O) groups is 1. The summed E-state index contributed by atoms with van der Waals surface area (Å²) in [5.74, 6) is -1.86. The molecule has 0 atom stereocenters. The molecule has 0 radical (unpaired) electrons. The van der Waals surface area contributed by atoms with Crippen LogP contribution in [0.15, 0.2) is 6.07 Å². The molecule has 0 aliphatic heterocycles. The third kappa shape index (κ3) is 3.42. The zero-order valence-corrected chi connectivity index (χ0v) is 10.4. The van der Waals surface area contributed by atoms with E-state index in [1.54, 1.807) is 0 Å². The number of halogens is 4. The van der Waals surface area contributed by atoms with Crippen LogP contribution in [0.4, 0.5) is 13.2 Å². The van der Waals surface area contributed by atoms with Crippen LogP contribution in [-0.2, 0) is 21.3 Å². The fourth-order valence-corrected chi connectivity index (χ4v) is 1.55. The third-order valence-electron chi connectivity index (χ3n) is 2.08. The van der Waals surface area contributed by atoms with Gasteiger partial charge in [-0.25, -0.2) is 13.8 Å². The van der Waals surface area contributed by atoms with Crippen LogP contribution in [0.5, 0.6) is 0 Å². The van der Waals surface area contributed by atoms with Gasteiger partial charge in [-0.2, -0.15) is 4.39 Å². The lowest BCUT2D eigenvalue weighted by atomic mass is 10.1. The molecule has 17 heavy (non-hydrogen) atoms. The highest BCUT2D eigenvalue weighted by atomic mass is 79.9. The second-order valence-electron chi connectivity index (χ2n) is 3.16. The largest absolute Gasteiger partial charge is 0.469 e. The number of methoxy groups -OCH3 is 1. The van der Waals surface area contributed by atoms with E-state index in [0.29, 0.717) is 0 Å². The van der Waals surface area contributed by atoms with Crippen molar-refractivity contribution in [1.29, 1.82) is 0 Å². The normalized spacial score (nSPS) is 10.7. The number of esters is 1. The van der Waals surface area contributed by atoms with Gasteiger partial charge >= 0.3 is 5.97 Å². The Hall–Kier alpha value is -1.11. The first kappa shape index (κ1) is 14.0. The molecule has 7 heteroatoms. The van der Waals surface area contributed by atoms with Gasteiger partial charge in [0, 0.05) is 16.5 Å². The van der Waals surface area contributed by atoms with E-state index in [2.05, 4.69) is 25.7 Å². The maximum atomic E-state index is 13.5. The highest BCUT2D eigenvalue weighted by Crippen LogP contribution is 2.26. The van der Waals surface area contributed by atoms with Crippen molar-refractivity contribution >= 4 is 21.9 Å². The van der Waals surface area contributed by atoms with Crippen molar-refractivity contribution in [1.82, 2.24) is 4.98 Å². The Kier molecular flexibility index (Phi) is 4.92. The average molecular weight is 312 g/mol. The number of alkyl halides is 3. The molecule has 0 fully saturated rings. The van der Waals surface area contributed by atoms with Crippen molar-refractivity contribution in [2.45, 2.75) is 18.2 Å². The predicted octanol–water partition coefficient (Wildman–Crippen LogP) is 2.77. The van der Waals surface area contributed by atoms with E-state index in [1.807, 2.05) is 0 Å². The molecule has 0 unspecified atom stereocenters. The molecule has 0 saturated heterocycles. The first-order chi connectivity index (χ1) is 7.99. The Bertz CT molecular complexity index is 426. The molecular formula is C10H9BrF3NO2. The molecule has 0 aliphatic rings. The van der Waals surface area contributed by atoms with Gasteiger partial charge in [0.2, 0.25) is 5.95 Å². The second kappa shape index (κ2) is 6.00. The summed E-state index contributed by atoms with van der Waals surface area (Å²) >= 11 is 3.00. The van der Waals surface area contributed by atoms with Gasteiger partial charge in [-0.05, 0) is 6.07 Å². The summed E-state index contributed by atoms with van der Waals surface area (Å²) in [7, 11) is 1.10. The molecule has 0 amide bonds. The van der Waals surface area contributed by atoms with Gasteiger partial charge in [-0.1, -0.05) is 15.9 Å². The molecule has 94 valence electrons. The second-order valence-corrected chi connectivity index (χ2v) is 3.72. The van der Waals surface area contributed by atoms with Crippen molar-refractivity contribution in [3.8, 4) is 0 Å². The molecule has 0 N–H and O–H groups in total. The summed E-state index contributed by atoms with van der Waals surface area (Å²) in [5, 5.41) is 0.155. The van der Waals surface area contributed by atoms with Gasteiger partial charge in [-0.15, -0.1) is 0 Å².